The standard InChI is InChI=1S/C22H25F3N2O2/c1-15-10-11-17(12-18(15)26-19(28)16-8-6-5-7-9-16)20(29)27(13-21(2,3)4)14-22(23,24)25/h5-12H,13-14H2,1-4H3,(H,26,28). The molecule has 0 aliphatic rings. The number of anilines is 1. The second-order valence-electron chi connectivity index (χ2n) is 8.19. The minimum absolute atomic E-state index is 0.0507. The topological polar surface area (TPSA) is 49.4 Å². The van der Waals surface area contributed by atoms with Crippen LogP contribution in [0.3, 0.4) is 0 Å². The number of benzene rings is 2. The van der Waals surface area contributed by atoms with Crippen LogP contribution in [0.4, 0.5) is 18.9 Å². The van der Waals surface area contributed by atoms with Crippen LogP contribution in [0.1, 0.15) is 47.1 Å². The predicted molar refractivity (Wildman–Crippen MR) is 107 cm³/mol. The third-order valence-electron chi connectivity index (χ3n) is 4.09. The number of carbonyl (C=O) groups excluding carboxylic acids is 2. The van der Waals surface area contributed by atoms with Gasteiger partial charge in [-0.1, -0.05) is 45.0 Å². The van der Waals surface area contributed by atoms with Gasteiger partial charge in [0, 0.05) is 23.4 Å². The molecule has 0 aromatic heterocycles. The summed E-state index contributed by atoms with van der Waals surface area (Å²) in [6.45, 7) is 5.67. The maximum absolute atomic E-state index is 13.0. The van der Waals surface area contributed by atoms with E-state index in [2.05, 4.69) is 5.32 Å². The van der Waals surface area contributed by atoms with E-state index in [4.69, 9.17) is 0 Å². The fourth-order valence-corrected chi connectivity index (χ4v) is 2.84. The van der Waals surface area contributed by atoms with Crippen molar-refractivity contribution in [1.29, 1.82) is 0 Å². The van der Waals surface area contributed by atoms with Crippen LogP contribution in [0, 0.1) is 12.3 Å². The summed E-state index contributed by atoms with van der Waals surface area (Å²) < 4.78 is 39.0. The van der Waals surface area contributed by atoms with Gasteiger partial charge in [0.05, 0.1) is 0 Å². The van der Waals surface area contributed by atoms with Gasteiger partial charge in [0.25, 0.3) is 11.8 Å². The SMILES string of the molecule is Cc1ccc(C(=O)N(CC(C)(C)C)CC(F)(F)F)cc1NC(=O)c1ccccc1. The summed E-state index contributed by atoms with van der Waals surface area (Å²) >= 11 is 0. The molecule has 156 valence electrons. The number of carbonyl (C=O) groups is 2. The van der Waals surface area contributed by atoms with Crippen molar-refractivity contribution in [3.05, 3.63) is 65.2 Å². The smallest absolute Gasteiger partial charge is 0.329 e. The molecule has 0 spiro atoms. The monoisotopic (exact) mass is 406 g/mol. The van der Waals surface area contributed by atoms with E-state index in [0.29, 0.717) is 16.8 Å². The molecule has 7 heteroatoms. The number of rotatable bonds is 5. The molecule has 0 aliphatic heterocycles. The van der Waals surface area contributed by atoms with Crippen molar-refractivity contribution < 1.29 is 22.8 Å². The molecule has 0 unspecified atom stereocenters. The lowest BCUT2D eigenvalue weighted by molar-refractivity contribution is -0.142. The first-order chi connectivity index (χ1) is 13.4. The zero-order chi connectivity index (χ0) is 21.8. The lowest BCUT2D eigenvalue weighted by atomic mass is 9.95. The first kappa shape index (κ1) is 22.5. The van der Waals surface area contributed by atoms with E-state index in [1.807, 2.05) is 0 Å². The fourth-order valence-electron chi connectivity index (χ4n) is 2.84. The third-order valence-corrected chi connectivity index (χ3v) is 4.09. The van der Waals surface area contributed by atoms with Gasteiger partial charge in [-0.3, -0.25) is 9.59 Å². The zero-order valence-electron chi connectivity index (χ0n) is 16.9. The highest BCUT2D eigenvalue weighted by Crippen LogP contribution is 2.25. The Balaban J connectivity index is 2.29. The molecular formula is C22H25F3N2O2. The van der Waals surface area contributed by atoms with Crippen LogP contribution in [0.25, 0.3) is 0 Å². The highest BCUT2D eigenvalue weighted by atomic mass is 19.4. The Bertz CT molecular complexity index is 856. The highest BCUT2D eigenvalue weighted by Gasteiger charge is 2.35. The molecule has 0 saturated heterocycles. The summed E-state index contributed by atoms with van der Waals surface area (Å²) in [6.07, 6.45) is -4.50. The van der Waals surface area contributed by atoms with Gasteiger partial charge in [0.1, 0.15) is 6.54 Å². The molecule has 2 rings (SSSR count). The van der Waals surface area contributed by atoms with Crippen molar-refractivity contribution in [1.82, 2.24) is 4.90 Å². The van der Waals surface area contributed by atoms with Crippen molar-refractivity contribution in [2.75, 3.05) is 18.4 Å². The van der Waals surface area contributed by atoms with Crippen molar-refractivity contribution in [3.8, 4) is 0 Å². The first-order valence-corrected chi connectivity index (χ1v) is 9.19. The van der Waals surface area contributed by atoms with E-state index in [1.165, 1.54) is 12.1 Å². The van der Waals surface area contributed by atoms with Crippen LogP contribution in [0.5, 0.6) is 0 Å². The zero-order valence-corrected chi connectivity index (χ0v) is 16.9. The molecule has 0 aliphatic carbocycles. The normalized spacial score (nSPS) is 11.8. The fraction of sp³-hybridized carbons (Fsp3) is 0.364. The molecule has 2 amide bonds. The number of alkyl halides is 3. The Morgan fingerprint density at radius 2 is 1.55 bits per heavy atom. The largest absolute Gasteiger partial charge is 0.406 e. The van der Waals surface area contributed by atoms with Crippen LogP contribution >= 0.6 is 0 Å². The van der Waals surface area contributed by atoms with Gasteiger partial charge < -0.3 is 10.2 Å². The molecule has 0 saturated carbocycles. The van der Waals surface area contributed by atoms with Crippen LogP contribution in [-0.4, -0.2) is 36.0 Å². The number of amides is 2. The van der Waals surface area contributed by atoms with Crippen LogP contribution in [0.15, 0.2) is 48.5 Å². The Labute approximate surface area is 168 Å². The number of nitrogens with zero attached hydrogens (tertiary/aromatic N) is 1. The van der Waals surface area contributed by atoms with E-state index < -0.39 is 24.0 Å². The van der Waals surface area contributed by atoms with Crippen molar-refractivity contribution in [2.24, 2.45) is 5.41 Å². The molecule has 0 radical (unpaired) electrons. The second-order valence-corrected chi connectivity index (χ2v) is 8.19. The highest BCUT2D eigenvalue weighted by molar-refractivity contribution is 6.05. The molecule has 0 heterocycles. The molecule has 2 aromatic rings. The summed E-state index contributed by atoms with van der Waals surface area (Å²) in [5.41, 5.74) is 1.11. The third kappa shape index (κ3) is 6.93. The molecule has 0 atom stereocenters. The quantitative estimate of drug-likeness (QED) is 0.733. The van der Waals surface area contributed by atoms with Gasteiger partial charge in [0.15, 0.2) is 0 Å². The van der Waals surface area contributed by atoms with Gasteiger partial charge in [-0.15, -0.1) is 0 Å². The lowest BCUT2D eigenvalue weighted by Crippen LogP contribution is -2.43. The van der Waals surface area contributed by atoms with Gasteiger partial charge in [-0.05, 0) is 42.2 Å². The molecule has 0 fully saturated rings. The summed E-state index contributed by atoms with van der Waals surface area (Å²) in [6, 6.07) is 13.0. The Hall–Kier alpha value is -2.83. The Morgan fingerprint density at radius 3 is 2.10 bits per heavy atom. The van der Waals surface area contributed by atoms with Crippen LogP contribution in [0.2, 0.25) is 0 Å². The minimum atomic E-state index is -4.50. The van der Waals surface area contributed by atoms with Gasteiger partial charge in [-0.2, -0.15) is 13.2 Å². The van der Waals surface area contributed by atoms with Gasteiger partial charge in [0.2, 0.25) is 0 Å². The summed E-state index contributed by atoms with van der Waals surface area (Å²) in [7, 11) is 0. The Kier molecular flexibility index (Phi) is 6.72. The summed E-state index contributed by atoms with van der Waals surface area (Å²) in [5, 5.41) is 2.73. The first-order valence-electron chi connectivity index (χ1n) is 9.19. The summed E-state index contributed by atoms with van der Waals surface area (Å²) in [4.78, 5) is 26.0. The summed E-state index contributed by atoms with van der Waals surface area (Å²) in [5.74, 6) is -1.09. The number of aryl methyl sites for hydroxylation is 1. The van der Waals surface area contributed by atoms with Crippen molar-refractivity contribution in [2.45, 2.75) is 33.9 Å². The van der Waals surface area contributed by atoms with Crippen LogP contribution in [-0.2, 0) is 0 Å². The molecule has 0 bridgehead atoms. The van der Waals surface area contributed by atoms with E-state index >= 15 is 0 Å². The minimum Gasteiger partial charge on any atom is -0.329 e. The molecule has 2 aromatic carbocycles. The maximum Gasteiger partial charge on any atom is 0.406 e. The van der Waals surface area contributed by atoms with E-state index in [1.54, 1.807) is 64.1 Å². The lowest BCUT2D eigenvalue weighted by Gasteiger charge is -2.31. The maximum atomic E-state index is 13.0. The molecule has 29 heavy (non-hydrogen) atoms. The molecule has 1 N–H and O–H groups in total. The Morgan fingerprint density at radius 1 is 0.931 bits per heavy atom. The average Bonchev–Trinajstić information content (AvgIpc) is 2.60. The number of hydrogen-bond acceptors (Lipinski definition) is 2. The van der Waals surface area contributed by atoms with Crippen molar-refractivity contribution >= 4 is 17.5 Å². The predicted octanol–water partition coefficient (Wildman–Crippen LogP) is 5.30. The van der Waals surface area contributed by atoms with Gasteiger partial charge >= 0.3 is 6.18 Å². The van der Waals surface area contributed by atoms with E-state index in [9.17, 15) is 22.8 Å². The molecular weight excluding hydrogens is 381 g/mol. The molecule has 4 nitrogen and oxygen atoms in total. The second kappa shape index (κ2) is 8.68. The number of halogens is 3. The van der Waals surface area contributed by atoms with Crippen molar-refractivity contribution in [3.63, 3.8) is 0 Å². The van der Waals surface area contributed by atoms with Crippen LogP contribution < -0.4 is 5.32 Å². The van der Waals surface area contributed by atoms with Gasteiger partial charge in [-0.25, -0.2) is 0 Å². The number of nitrogens with one attached hydrogen (secondary N) is 1. The average molecular weight is 406 g/mol. The number of hydrogen-bond donors (Lipinski definition) is 1. The van der Waals surface area contributed by atoms with E-state index in [0.717, 1.165) is 4.90 Å². The van der Waals surface area contributed by atoms with E-state index in [-0.39, 0.29) is 18.0 Å².